The van der Waals surface area contributed by atoms with E-state index in [4.69, 9.17) is 27.9 Å². The Morgan fingerprint density at radius 1 is 1.10 bits per heavy atom. The summed E-state index contributed by atoms with van der Waals surface area (Å²) < 4.78 is 6.58. The van der Waals surface area contributed by atoms with E-state index < -0.39 is 0 Å². The number of hydrogen-bond donors (Lipinski definition) is 0. The summed E-state index contributed by atoms with van der Waals surface area (Å²) >= 11 is 16.0. The van der Waals surface area contributed by atoms with Gasteiger partial charge in [0.15, 0.2) is 5.82 Å². The van der Waals surface area contributed by atoms with E-state index >= 15 is 0 Å². The lowest BCUT2D eigenvalue weighted by molar-refractivity contribution is 0.0535. The molecule has 2 aromatic rings. The predicted molar refractivity (Wildman–Crippen MR) is 89.8 cm³/mol. The van der Waals surface area contributed by atoms with E-state index in [0.717, 1.165) is 16.5 Å². The minimum atomic E-state index is -0.191. The molecule has 1 heterocycles. The molecule has 1 aromatic carbocycles. The van der Waals surface area contributed by atoms with Gasteiger partial charge in [0.2, 0.25) is 0 Å². The maximum absolute atomic E-state index is 6.31. The standard InChI is InChI=1S/C15H15BrCl2N2O/c1-3-11(21-4-2)15-19-13(17)12(14(18)20-15)9-5-7-10(16)8-6-9/h5-8,11H,3-4H2,1-2H3. The number of rotatable bonds is 5. The molecule has 0 aliphatic carbocycles. The molecule has 112 valence electrons. The highest BCUT2D eigenvalue weighted by atomic mass is 79.9. The van der Waals surface area contributed by atoms with Crippen LogP contribution in [-0.4, -0.2) is 16.6 Å². The van der Waals surface area contributed by atoms with Crippen LogP contribution in [0.3, 0.4) is 0 Å². The molecule has 1 atom stereocenters. The van der Waals surface area contributed by atoms with Gasteiger partial charge in [-0.25, -0.2) is 9.97 Å². The van der Waals surface area contributed by atoms with Crippen LogP contribution in [0.25, 0.3) is 11.1 Å². The van der Waals surface area contributed by atoms with Gasteiger partial charge in [-0.2, -0.15) is 0 Å². The van der Waals surface area contributed by atoms with E-state index in [2.05, 4.69) is 25.9 Å². The van der Waals surface area contributed by atoms with Crippen LogP contribution >= 0.6 is 39.1 Å². The molecule has 1 unspecified atom stereocenters. The Morgan fingerprint density at radius 3 is 2.14 bits per heavy atom. The molecule has 0 radical (unpaired) electrons. The maximum atomic E-state index is 6.31. The SMILES string of the molecule is CCOC(CC)c1nc(Cl)c(-c2ccc(Br)cc2)c(Cl)n1. The van der Waals surface area contributed by atoms with Gasteiger partial charge in [-0.15, -0.1) is 0 Å². The Balaban J connectivity index is 2.44. The summed E-state index contributed by atoms with van der Waals surface area (Å²) in [5.74, 6) is 0.523. The van der Waals surface area contributed by atoms with Gasteiger partial charge in [-0.3, -0.25) is 0 Å². The summed E-state index contributed by atoms with van der Waals surface area (Å²) in [5, 5.41) is 0.677. The Labute approximate surface area is 142 Å². The zero-order chi connectivity index (χ0) is 15.4. The van der Waals surface area contributed by atoms with Gasteiger partial charge in [0.05, 0.1) is 5.56 Å². The minimum Gasteiger partial charge on any atom is -0.371 e. The largest absolute Gasteiger partial charge is 0.371 e. The fraction of sp³-hybridized carbons (Fsp3) is 0.333. The molecule has 0 N–H and O–H groups in total. The average molecular weight is 390 g/mol. The fourth-order valence-electron chi connectivity index (χ4n) is 2.00. The smallest absolute Gasteiger partial charge is 0.160 e. The third kappa shape index (κ3) is 3.95. The van der Waals surface area contributed by atoms with Gasteiger partial charge in [-0.05, 0) is 31.0 Å². The van der Waals surface area contributed by atoms with Crippen molar-refractivity contribution in [3.63, 3.8) is 0 Å². The highest BCUT2D eigenvalue weighted by Gasteiger charge is 2.19. The molecule has 21 heavy (non-hydrogen) atoms. The summed E-state index contributed by atoms with van der Waals surface area (Å²) in [6.07, 6.45) is 0.571. The lowest BCUT2D eigenvalue weighted by Crippen LogP contribution is -2.09. The van der Waals surface area contributed by atoms with Crippen LogP contribution in [0.1, 0.15) is 32.2 Å². The third-order valence-electron chi connectivity index (χ3n) is 3.00. The van der Waals surface area contributed by atoms with E-state index in [1.54, 1.807) is 0 Å². The van der Waals surface area contributed by atoms with Crippen LogP contribution in [-0.2, 0) is 4.74 Å². The van der Waals surface area contributed by atoms with Crippen molar-refractivity contribution >= 4 is 39.1 Å². The Hall–Kier alpha value is -0.680. The van der Waals surface area contributed by atoms with Crippen LogP contribution in [0.4, 0.5) is 0 Å². The second-order valence-corrected chi connectivity index (χ2v) is 6.03. The summed E-state index contributed by atoms with van der Waals surface area (Å²) in [6, 6.07) is 7.68. The molecule has 0 saturated carbocycles. The van der Waals surface area contributed by atoms with Crippen LogP contribution < -0.4 is 0 Å². The van der Waals surface area contributed by atoms with Crippen LogP contribution in [0.15, 0.2) is 28.7 Å². The molecular formula is C15H15BrCl2N2O. The summed E-state index contributed by atoms with van der Waals surface area (Å²) in [5.41, 5.74) is 1.52. The first-order chi connectivity index (χ1) is 10.1. The van der Waals surface area contributed by atoms with Crippen molar-refractivity contribution in [2.75, 3.05) is 6.61 Å². The molecule has 6 heteroatoms. The molecule has 0 aliphatic rings. The zero-order valence-corrected chi connectivity index (χ0v) is 14.8. The predicted octanol–water partition coefficient (Wildman–Crippen LogP) is 5.70. The van der Waals surface area contributed by atoms with Gasteiger partial charge < -0.3 is 4.74 Å². The molecular weight excluding hydrogens is 375 g/mol. The first-order valence-corrected chi connectivity index (χ1v) is 8.22. The van der Waals surface area contributed by atoms with E-state index in [0.29, 0.717) is 28.3 Å². The van der Waals surface area contributed by atoms with Crippen molar-refractivity contribution < 1.29 is 4.74 Å². The molecule has 1 aromatic heterocycles. The highest BCUT2D eigenvalue weighted by molar-refractivity contribution is 9.10. The van der Waals surface area contributed by atoms with Crippen molar-refractivity contribution in [2.45, 2.75) is 26.4 Å². The fourth-order valence-corrected chi connectivity index (χ4v) is 2.88. The van der Waals surface area contributed by atoms with E-state index in [1.165, 1.54) is 0 Å². The molecule has 0 aliphatic heterocycles. The molecule has 2 rings (SSSR count). The van der Waals surface area contributed by atoms with Crippen molar-refractivity contribution in [1.29, 1.82) is 0 Å². The Morgan fingerprint density at radius 2 is 1.67 bits per heavy atom. The summed E-state index contributed by atoms with van der Waals surface area (Å²) in [7, 11) is 0. The third-order valence-corrected chi connectivity index (χ3v) is 4.07. The average Bonchev–Trinajstić information content (AvgIpc) is 2.46. The molecule has 0 spiro atoms. The number of ether oxygens (including phenoxy) is 1. The van der Waals surface area contributed by atoms with E-state index in [9.17, 15) is 0 Å². The first-order valence-electron chi connectivity index (χ1n) is 6.67. The Bertz CT molecular complexity index is 597. The molecule has 0 amide bonds. The normalized spacial score (nSPS) is 12.4. The molecule has 3 nitrogen and oxygen atoms in total. The lowest BCUT2D eigenvalue weighted by atomic mass is 10.1. The van der Waals surface area contributed by atoms with E-state index in [1.807, 2.05) is 38.1 Å². The number of hydrogen-bond acceptors (Lipinski definition) is 3. The monoisotopic (exact) mass is 388 g/mol. The Kier molecular flexibility index (Phi) is 5.99. The van der Waals surface area contributed by atoms with Crippen molar-refractivity contribution in [3.05, 3.63) is 44.9 Å². The quantitative estimate of drug-likeness (QED) is 0.615. The highest BCUT2D eigenvalue weighted by Crippen LogP contribution is 2.34. The first kappa shape index (κ1) is 16.7. The van der Waals surface area contributed by atoms with Crippen molar-refractivity contribution in [1.82, 2.24) is 9.97 Å². The minimum absolute atomic E-state index is 0.191. The number of aromatic nitrogens is 2. The van der Waals surface area contributed by atoms with Gasteiger partial charge >= 0.3 is 0 Å². The van der Waals surface area contributed by atoms with Gasteiger partial charge in [0, 0.05) is 11.1 Å². The van der Waals surface area contributed by atoms with Crippen LogP contribution in [0, 0.1) is 0 Å². The lowest BCUT2D eigenvalue weighted by Gasteiger charge is -2.15. The van der Waals surface area contributed by atoms with Crippen molar-refractivity contribution in [2.24, 2.45) is 0 Å². The number of halogens is 3. The van der Waals surface area contributed by atoms with Crippen LogP contribution in [0.2, 0.25) is 10.3 Å². The van der Waals surface area contributed by atoms with Crippen LogP contribution in [0.5, 0.6) is 0 Å². The van der Waals surface area contributed by atoms with Gasteiger partial charge in [0.25, 0.3) is 0 Å². The molecule has 0 bridgehead atoms. The number of nitrogens with zero attached hydrogens (tertiary/aromatic N) is 2. The molecule has 0 saturated heterocycles. The number of benzene rings is 1. The van der Waals surface area contributed by atoms with Gasteiger partial charge in [0.1, 0.15) is 16.4 Å². The second-order valence-electron chi connectivity index (χ2n) is 4.40. The zero-order valence-electron chi connectivity index (χ0n) is 11.7. The van der Waals surface area contributed by atoms with Crippen molar-refractivity contribution in [3.8, 4) is 11.1 Å². The van der Waals surface area contributed by atoms with E-state index in [-0.39, 0.29) is 6.10 Å². The molecule has 0 fully saturated rings. The summed E-state index contributed by atoms with van der Waals surface area (Å²) in [6.45, 7) is 4.53. The topological polar surface area (TPSA) is 35.0 Å². The second kappa shape index (κ2) is 7.54. The van der Waals surface area contributed by atoms with Gasteiger partial charge in [-0.1, -0.05) is 58.2 Å². The maximum Gasteiger partial charge on any atom is 0.160 e. The summed E-state index contributed by atoms with van der Waals surface area (Å²) in [4.78, 5) is 8.71.